The van der Waals surface area contributed by atoms with Gasteiger partial charge in [-0.2, -0.15) is 0 Å². The molecule has 1 atom stereocenters. The van der Waals surface area contributed by atoms with Crippen LogP contribution in [0.3, 0.4) is 0 Å². The molecule has 2 amide bonds. The molecule has 1 fully saturated rings. The average molecular weight is 317 g/mol. The first kappa shape index (κ1) is 17.2. The molecule has 1 aromatic rings. The molecule has 23 heavy (non-hydrogen) atoms. The number of imide groups is 1. The minimum atomic E-state index is -0.805. The van der Waals surface area contributed by atoms with E-state index in [4.69, 9.17) is 4.74 Å². The van der Waals surface area contributed by atoms with Gasteiger partial charge in [-0.1, -0.05) is 44.2 Å². The van der Waals surface area contributed by atoms with Gasteiger partial charge in [-0.15, -0.1) is 0 Å². The predicted molar refractivity (Wildman–Crippen MR) is 85.4 cm³/mol. The molecule has 0 aromatic heterocycles. The highest BCUT2D eigenvalue weighted by Crippen LogP contribution is 2.36. The third-order valence-electron chi connectivity index (χ3n) is 4.11. The van der Waals surface area contributed by atoms with Crippen LogP contribution in [0.2, 0.25) is 0 Å². The highest BCUT2D eigenvalue weighted by molar-refractivity contribution is 6.04. The van der Waals surface area contributed by atoms with Gasteiger partial charge in [0.05, 0.1) is 6.61 Å². The summed E-state index contributed by atoms with van der Waals surface area (Å²) >= 11 is 0. The number of carbonyl (C=O) groups excluding carboxylic acids is 3. The predicted octanol–water partition coefficient (Wildman–Crippen LogP) is 2.34. The number of esters is 1. The quantitative estimate of drug-likeness (QED) is 0.782. The van der Waals surface area contributed by atoms with E-state index in [-0.39, 0.29) is 24.8 Å². The number of rotatable bonds is 5. The van der Waals surface area contributed by atoms with Crippen molar-refractivity contribution in [2.75, 3.05) is 6.61 Å². The van der Waals surface area contributed by atoms with Crippen molar-refractivity contribution in [3.8, 4) is 0 Å². The zero-order valence-corrected chi connectivity index (χ0v) is 13.9. The summed E-state index contributed by atoms with van der Waals surface area (Å²) in [6.07, 6.45) is 1.04. The van der Waals surface area contributed by atoms with Gasteiger partial charge in [-0.3, -0.25) is 14.5 Å². The first-order valence-corrected chi connectivity index (χ1v) is 7.94. The van der Waals surface area contributed by atoms with Crippen LogP contribution in [0.5, 0.6) is 0 Å². The van der Waals surface area contributed by atoms with Gasteiger partial charge in [0.25, 0.3) is 0 Å². The highest BCUT2D eigenvalue weighted by Gasteiger charge is 2.51. The van der Waals surface area contributed by atoms with Gasteiger partial charge in [0.15, 0.2) is 0 Å². The van der Waals surface area contributed by atoms with E-state index in [1.807, 2.05) is 30.3 Å². The number of carbonyl (C=O) groups is 3. The van der Waals surface area contributed by atoms with E-state index < -0.39 is 17.4 Å². The van der Waals surface area contributed by atoms with Crippen molar-refractivity contribution in [1.29, 1.82) is 0 Å². The molecule has 1 aliphatic heterocycles. The fourth-order valence-corrected chi connectivity index (χ4v) is 2.86. The van der Waals surface area contributed by atoms with Crippen LogP contribution in [0.4, 0.5) is 0 Å². The highest BCUT2D eigenvalue weighted by atomic mass is 16.5. The van der Waals surface area contributed by atoms with Crippen molar-refractivity contribution < 1.29 is 19.1 Å². The van der Waals surface area contributed by atoms with E-state index in [9.17, 15) is 14.4 Å². The van der Waals surface area contributed by atoms with Crippen LogP contribution < -0.4 is 0 Å². The van der Waals surface area contributed by atoms with Gasteiger partial charge < -0.3 is 4.74 Å². The molecule has 0 aliphatic carbocycles. The molecule has 124 valence electrons. The van der Waals surface area contributed by atoms with Crippen molar-refractivity contribution in [3.63, 3.8) is 0 Å². The number of ether oxygens (including phenoxy) is 1. The third kappa shape index (κ3) is 3.78. The van der Waals surface area contributed by atoms with Crippen LogP contribution in [0, 0.1) is 5.41 Å². The molecule has 0 N–H and O–H groups in total. The van der Waals surface area contributed by atoms with Crippen molar-refractivity contribution in [1.82, 2.24) is 4.90 Å². The minimum absolute atomic E-state index is 0.196. The van der Waals surface area contributed by atoms with E-state index in [0.717, 1.165) is 10.5 Å². The first-order chi connectivity index (χ1) is 10.9. The second-order valence-electron chi connectivity index (χ2n) is 6.41. The smallest absolute Gasteiger partial charge is 0.329 e. The van der Waals surface area contributed by atoms with Crippen molar-refractivity contribution >= 4 is 17.8 Å². The van der Waals surface area contributed by atoms with Gasteiger partial charge in [0, 0.05) is 11.8 Å². The van der Waals surface area contributed by atoms with Crippen LogP contribution in [0.15, 0.2) is 30.3 Å². The molecule has 2 rings (SSSR count). The summed E-state index contributed by atoms with van der Waals surface area (Å²) < 4.78 is 5.03. The zero-order valence-electron chi connectivity index (χ0n) is 13.9. The Morgan fingerprint density at radius 3 is 2.52 bits per heavy atom. The largest absolute Gasteiger partial charge is 0.464 e. The van der Waals surface area contributed by atoms with Gasteiger partial charge in [0.2, 0.25) is 11.8 Å². The molecule has 1 aliphatic rings. The fourth-order valence-electron chi connectivity index (χ4n) is 2.86. The van der Waals surface area contributed by atoms with E-state index in [0.29, 0.717) is 12.8 Å². The second kappa shape index (κ2) is 6.94. The summed E-state index contributed by atoms with van der Waals surface area (Å²) in [5.74, 6) is -1.12. The molecule has 1 aromatic carbocycles. The number of likely N-dealkylation sites (tertiary alicyclic amines) is 1. The van der Waals surface area contributed by atoms with Crippen molar-refractivity contribution in [2.24, 2.45) is 5.41 Å². The average Bonchev–Trinajstić information content (AvgIpc) is 2.77. The Hall–Kier alpha value is -2.17. The zero-order chi connectivity index (χ0) is 17.0. The van der Waals surface area contributed by atoms with Crippen LogP contribution >= 0.6 is 0 Å². The van der Waals surface area contributed by atoms with Gasteiger partial charge in [0.1, 0.15) is 6.04 Å². The fraction of sp³-hybridized carbons (Fsp3) is 0.500. The van der Waals surface area contributed by atoms with E-state index in [2.05, 4.69) is 0 Å². The lowest BCUT2D eigenvalue weighted by Crippen LogP contribution is -2.44. The molecule has 0 unspecified atom stereocenters. The maximum atomic E-state index is 12.5. The molecule has 0 spiro atoms. The molecular weight excluding hydrogens is 294 g/mol. The molecule has 0 bridgehead atoms. The van der Waals surface area contributed by atoms with Crippen molar-refractivity contribution in [3.05, 3.63) is 35.9 Å². The van der Waals surface area contributed by atoms with E-state index in [1.165, 1.54) is 0 Å². The molecule has 0 saturated carbocycles. The Morgan fingerprint density at radius 1 is 1.26 bits per heavy atom. The molecule has 1 heterocycles. The molecule has 0 radical (unpaired) electrons. The maximum absolute atomic E-state index is 12.5. The van der Waals surface area contributed by atoms with Gasteiger partial charge >= 0.3 is 5.97 Å². The second-order valence-corrected chi connectivity index (χ2v) is 6.41. The molecule has 5 nitrogen and oxygen atoms in total. The number of benzene rings is 1. The summed E-state index contributed by atoms with van der Waals surface area (Å²) in [6.45, 7) is 5.45. The minimum Gasteiger partial charge on any atom is -0.464 e. The van der Waals surface area contributed by atoms with E-state index >= 15 is 0 Å². The van der Waals surface area contributed by atoms with Gasteiger partial charge in [-0.25, -0.2) is 4.79 Å². The van der Waals surface area contributed by atoms with Gasteiger partial charge in [-0.05, 0) is 25.3 Å². The number of aryl methyl sites for hydroxylation is 1. The Labute approximate surface area is 136 Å². The lowest BCUT2D eigenvalue weighted by atomic mass is 9.90. The summed E-state index contributed by atoms with van der Waals surface area (Å²) in [6, 6.07) is 8.80. The molecular formula is C18H23NO4. The van der Waals surface area contributed by atoms with Crippen LogP contribution in [0.25, 0.3) is 0 Å². The number of hydrogen-bond donors (Lipinski definition) is 0. The summed E-state index contributed by atoms with van der Waals surface area (Å²) in [5, 5.41) is 0. The Balaban J connectivity index is 2.11. The van der Waals surface area contributed by atoms with Crippen LogP contribution in [0.1, 0.15) is 39.2 Å². The summed E-state index contributed by atoms with van der Waals surface area (Å²) in [4.78, 5) is 38.2. The number of hydrogen-bond acceptors (Lipinski definition) is 4. The summed E-state index contributed by atoms with van der Waals surface area (Å²) in [5.41, 5.74) is 0.305. The normalized spacial score (nSPS) is 19.7. The van der Waals surface area contributed by atoms with E-state index in [1.54, 1.807) is 20.8 Å². The molecule has 5 heteroatoms. The summed E-state index contributed by atoms with van der Waals surface area (Å²) in [7, 11) is 0. The first-order valence-electron chi connectivity index (χ1n) is 7.94. The van der Waals surface area contributed by atoms with Crippen LogP contribution in [-0.4, -0.2) is 35.3 Å². The standard InChI is InChI=1S/C18H23NO4/c1-4-23-16(21)14-12-18(2,3)17(22)19(14)15(20)11-10-13-8-6-5-7-9-13/h5-9,14H,4,10-12H2,1-3H3/t14-/m0/s1. The van der Waals surface area contributed by atoms with Crippen LogP contribution in [-0.2, 0) is 25.5 Å². The van der Waals surface area contributed by atoms with Crippen molar-refractivity contribution in [2.45, 2.75) is 46.1 Å². The maximum Gasteiger partial charge on any atom is 0.329 e. The topological polar surface area (TPSA) is 63.7 Å². The lowest BCUT2D eigenvalue weighted by Gasteiger charge is -2.21. The molecule has 1 saturated heterocycles. The Morgan fingerprint density at radius 2 is 1.91 bits per heavy atom. The monoisotopic (exact) mass is 317 g/mol. The number of nitrogens with zero attached hydrogens (tertiary/aromatic N) is 1. The third-order valence-corrected chi connectivity index (χ3v) is 4.11. The Bertz CT molecular complexity index is 594. The Kier molecular flexibility index (Phi) is 5.19. The lowest BCUT2D eigenvalue weighted by molar-refractivity contribution is -0.157. The number of amides is 2. The SMILES string of the molecule is CCOC(=O)[C@@H]1CC(C)(C)C(=O)N1C(=O)CCc1ccccc1.